The number of amides is 1. The molecule has 0 atom stereocenters. The van der Waals surface area contributed by atoms with E-state index in [-0.39, 0.29) is 30.5 Å². The average molecular weight is 479 g/mol. The Morgan fingerprint density at radius 2 is 1.69 bits per heavy atom. The Morgan fingerprint density at radius 3 is 2.37 bits per heavy atom. The number of aryl methyl sites for hydroxylation is 1. The van der Waals surface area contributed by atoms with Gasteiger partial charge in [0, 0.05) is 35.2 Å². The molecular weight excluding hydrogens is 448 g/mol. The van der Waals surface area contributed by atoms with E-state index in [1.54, 1.807) is 43.5 Å². The highest BCUT2D eigenvalue weighted by Crippen LogP contribution is 2.18. The third-order valence-corrected chi connectivity index (χ3v) is 5.47. The number of methoxy groups -OCH3 is 1. The first-order valence-corrected chi connectivity index (χ1v) is 11.4. The molecule has 35 heavy (non-hydrogen) atoms. The number of rotatable bonds is 11. The highest BCUT2D eigenvalue weighted by atomic mass is 16.5. The summed E-state index contributed by atoms with van der Waals surface area (Å²) in [6.45, 7) is 6.23. The second-order valence-electron chi connectivity index (χ2n) is 8.03. The maximum absolute atomic E-state index is 12.6. The lowest BCUT2D eigenvalue weighted by Crippen LogP contribution is -2.20. The average Bonchev–Trinajstić information content (AvgIpc) is 3.15. The van der Waals surface area contributed by atoms with Crippen molar-refractivity contribution >= 4 is 23.3 Å². The third kappa shape index (κ3) is 6.72. The van der Waals surface area contributed by atoms with Crippen LogP contribution in [0.4, 0.5) is 5.69 Å². The lowest BCUT2D eigenvalue weighted by molar-refractivity contribution is -0.118. The van der Waals surface area contributed by atoms with Gasteiger partial charge in [-0.05, 0) is 62.7 Å². The van der Waals surface area contributed by atoms with E-state index in [4.69, 9.17) is 14.2 Å². The van der Waals surface area contributed by atoms with Gasteiger partial charge in [-0.25, -0.2) is 4.79 Å². The molecular formula is C27H30N2O6. The van der Waals surface area contributed by atoms with Crippen LogP contribution in [0.1, 0.15) is 45.4 Å². The molecule has 3 rings (SSSR count). The number of carbonyl (C=O) groups is 3. The predicted octanol–water partition coefficient (Wildman–Crippen LogP) is 4.58. The minimum absolute atomic E-state index is 0.202. The first-order valence-electron chi connectivity index (χ1n) is 11.4. The van der Waals surface area contributed by atoms with Gasteiger partial charge in [-0.1, -0.05) is 13.0 Å². The summed E-state index contributed by atoms with van der Waals surface area (Å²) in [4.78, 5) is 37.1. The highest BCUT2D eigenvalue weighted by Gasteiger charge is 2.18. The molecule has 1 N–H and O–H groups in total. The molecule has 0 fully saturated rings. The van der Waals surface area contributed by atoms with Gasteiger partial charge in [-0.3, -0.25) is 9.59 Å². The Hall–Kier alpha value is -4.07. The summed E-state index contributed by atoms with van der Waals surface area (Å²) in [5, 5.41) is 2.72. The molecule has 0 aliphatic carbocycles. The molecule has 0 aliphatic rings. The Morgan fingerprint density at radius 1 is 0.943 bits per heavy atom. The van der Waals surface area contributed by atoms with Crippen molar-refractivity contribution in [2.24, 2.45) is 0 Å². The van der Waals surface area contributed by atoms with Crippen LogP contribution in [-0.4, -0.2) is 42.6 Å². The first kappa shape index (κ1) is 25.6. The van der Waals surface area contributed by atoms with Crippen LogP contribution >= 0.6 is 0 Å². The first-order chi connectivity index (χ1) is 16.8. The van der Waals surface area contributed by atoms with E-state index in [2.05, 4.69) is 16.8 Å². The monoisotopic (exact) mass is 478 g/mol. The number of esters is 1. The Kier molecular flexibility index (Phi) is 8.67. The van der Waals surface area contributed by atoms with Gasteiger partial charge in [0.2, 0.25) is 5.78 Å². The summed E-state index contributed by atoms with van der Waals surface area (Å²) in [5.74, 6) is -0.132. The lowest BCUT2D eigenvalue weighted by atomic mass is 10.1. The van der Waals surface area contributed by atoms with Gasteiger partial charge in [-0.15, -0.1) is 0 Å². The van der Waals surface area contributed by atoms with E-state index >= 15 is 0 Å². The van der Waals surface area contributed by atoms with E-state index in [9.17, 15) is 14.4 Å². The molecule has 0 aliphatic heterocycles. The van der Waals surface area contributed by atoms with Gasteiger partial charge >= 0.3 is 5.97 Å². The van der Waals surface area contributed by atoms with E-state index in [1.807, 2.05) is 19.9 Å². The maximum atomic E-state index is 12.6. The van der Waals surface area contributed by atoms with Gasteiger partial charge in [0.05, 0.1) is 12.7 Å². The molecule has 3 aromatic rings. The van der Waals surface area contributed by atoms with Crippen molar-refractivity contribution < 1.29 is 28.6 Å². The molecule has 1 aromatic heterocycles. The molecule has 0 radical (unpaired) electrons. The minimum Gasteiger partial charge on any atom is -0.497 e. The van der Waals surface area contributed by atoms with Crippen molar-refractivity contribution in [3.05, 3.63) is 77.1 Å². The molecule has 1 amide bonds. The fraction of sp³-hybridized carbons (Fsp3) is 0.296. The second kappa shape index (κ2) is 11.9. The van der Waals surface area contributed by atoms with Gasteiger partial charge < -0.3 is 24.1 Å². The zero-order valence-corrected chi connectivity index (χ0v) is 20.4. The molecule has 8 heteroatoms. The fourth-order valence-electron chi connectivity index (χ4n) is 3.68. The van der Waals surface area contributed by atoms with Crippen LogP contribution in [0.2, 0.25) is 0 Å². The Bertz CT molecular complexity index is 1200. The quantitative estimate of drug-likeness (QED) is 0.320. The topological polar surface area (TPSA) is 95.9 Å². The van der Waals surface area contributed by atoms with Gasteiger partial charge in [-0.2, -0.15) is 0 Å². The standard InChI is InChI=1S/C27H30N2O6/c1-5-13-29-18(2)14-24(19(29)3)25(30)16-35-27(32)20-9-11-22(12-10-20)34-17-26(31)28-21-7-6-8-23(15-21)33-4/h6-12,14-15H,5,13,16-17H2,1-4H3,(H,28,31). The van der Waals surface area contributed by atoms with Crippen molar-refractivity contribution in [1.29, 1.82) is 0 Å². The number of benzene rings is 2. The number of ether oxygens (including phenoxy) is 3. The van der Waals surface area contributed by atoms with Crippen LogP contribution in [0.5, 0.6) is 11.5 Å². The second-order valence-corrected chi connectivity index (χ2v) is 8.03. The summed E-state index contributed by atoms with van der Waals surface area (Å²) in [6, 6.07) is 15.0. The Balaban J connectivity index is 1.49. The number of Topliss-reactive ketones (excluding diaryl/α,β-unsaturated/α-hetero) is 1. The zero-order valence-electron chi connectivity index (χ0n) is 20.4. The number of ketones is 1. The van der Waals surface area contributed by atoms with Crippen LogP contribution in [-0.2, 0) is 16.1 Å². The largest absolute Gasteiger partial charge is 0.497 e. The zero-order chi connectivity index (χ0) is 25.4. The highest BCUT2D eigenvalue weighted by molar-refractivity contribution is 6.00. The molecule has 0 saturated heterocycles. The van der Waals surface area contributed by atoms with Gasteiger partial charge in [0.1, 0.15) is 11.5 Å². The molecule has 8 nitrogen and oxygen atoms in total. The summed E-state index contributed by atoms with van der Waals surface area (Å²) >= 11 is 0. The van der Waals surface area contributed by atoms with E-state index in [1.165, 1.54) is 12.1 Å². The normalized spacial score (nSPS) is 10.5. The summed E-state index contributed by atoms with van der Waals surface area (Å²) in [5.41, 5.74) is 3.33. The Labute approximate surface area is 204 Å². The van der Waals surface area contributed by atoms with Crippen LogP contribution in [0.3, 0.4) is 0 Å². The van der Waals surface area contributed by atoms with Crippen LogP contribution in [0.25, 0.3) is 0 Å². The molecule has 0 spiro atoms. The van der Waals surface area contributed by atoms with Crippen molar-refractivity contribution in [3.8, 4) is 11.5 Å². The molecule has 0 unspecified atom stereocenters. The van der Waals surface area contributed by atoms with E-state index in [0.717, 1.165) is 24.4 Å². The number of nitrogens with one attached hydrogen (secondary N) is 1. The smallest absolute Gasteiger partial charge is 0.338 e. The lowest BCUT2D eigenvalue weighted by Gasteiger charge is -2.09. The summed E-state index contributed by atoms with van der Waals surface area (Å²) in [6.07, 6.45) is 0.964. The third-order valence-electron chi connectivity index (χ3n) is 5.47. The summed E-state index contributed by atoms with van der Waals surface area (Å²) in [7, 11) is 1.55. The molecule has 2 aromatic carbocycles. The maximum Gasteiger partial charge on any atom is 0.338 e. The molecule has 0 saturated carbocycles. The van der Waals surface area contributed by atoms with Gasteiger partial charge in [0.15, 0.2) is 13.2 Å². The van der Waals surface area contributed by atoms with E-state index < -0.39 is 5.97 Å². The van der Waals surface area contributed by atoms with Crippen molar-refractivity contribution in [1.82, 2.24) is 4.57 Å². The van der Waals surface area contributed by atoms with Crippen molar-refractivity contribution in [2.75, 3.05) is 25.6 Å². The minimum atomic E-state index is -0.608. The number of hydrogen-bond acceptors (Lipinski definition) is 6. The summed E-state index contributed by atoms with van der Waals surface area (Å²) < 4.78 is 17.9. The predicted molar refractivity (Wildman–Crippen MR) is 132 cm³/mol. The molecule has 1 heterocycles. The van der Waals surface area contributed by atoms with Gasteiger partial charge in [0.25, 0.3) is 5.91 Å². The number of anilines is 1. The van der Waals surface area contributed by atoms with E-state index in [0.29, 0.717) is 22.7 Å². The molecule has 184 valence electrons. The van der Waals surface area contributed by atoms with Crippen LogP contribution in [0.15, 0.2) is 54.6 Å². The fourth-order valence-corrected chi connectivity index (χ4v) is 3.68. The number of hydrogen-bond donors (Lipinski definition) is 1. The SMILES string of the molecule is CCCn1c(C)cc(C(=O)COC(=O)c2ccc(OCC(=O)Nc3cccc(OC)c3)cc2)c1C. The van der Waals surface area contributed by atoms with Crippen LogP contribution < -0.4 is 14.8 Å². The number of aromatic nitrogens is 1. The van der Waals surface area contributed by atoms with Crippen molar-refractivity contribution in [3.63, 3.8) is 0 Å². The number of carbonyl (C=O) groups excluding carboxylic acids is 3. The molecule has 0 bridgehead atoms. The van der Waals surface area contributed by atoms with Crippen LogP contribution in [0, 0.1) is 13.8 Å². The number of nitrogens with zero attached hydrogens (tertiary/aromatic N) is 1. The van der Waals surface area contributed by atoms with Crippen molar-refractivity contribution in [2.45, 2.75) is 33.7 Å².